The Morgan fingerprint density at radius 1 is 1.24 bits per heavy atom. The highest BCUT2D eigenvalue weighted by Crippen LogP contribution is 2.17. The molecule has 1 rings (SSSR count). The predicted octanol–water partition coefficient (Wildman–Crippen LogP) is 3.20. The summed E-state index contributed by atoms with van der Waals surface area (Å²) in [4.78, 5) is 0. The zero-order valence-corrected chi connectivity index (χ0v) is 12.1. The first-order valence-electron chi connectivity index (χ1n) is 6.66. The molecule has 0 aliphatic heterocycles. The molecule has 1 aromatic heterocycles. The molecule has 0 aliphatic rings. The van der Waals surface area contributed by atoms with E-state index < -0.39 is 0 Å². The fourth-order valence-electron chi connectivity index (χ4n) is 2.23. The summed E-state index contributed by atoms with van der Waals surface area (Å²) in [5.41, 5.74) is 2.44. The third-order valence-electron chi connectivity index (χ3n) is 3.23. The van der Waals surface area contributed by atoms with Crippen molar-refractivity contribution in [3.63, 3.8) is 0 Å². The Morgan fingerprint density at radius 2 is 1.88 bits per heavy atom. The van der Waals surface area contributed by atoms with E-state index in [1.165, 1.54) is 18.4 Å². The molecule has 0 spiro atoms. The molecule has 3 heteroatoms. The molecule has 2 unspecified atom stereocenters. The van der Waals surface area contributed by atoms with Gasteiger partial charge in [0.15, 0.2) is 0 Å². The molecule has 98 valence electrons. The van der Waals surface area contributed by atoms with Crippen LogP contribution in [0.1, 0.15) is 57.8 Å². The van der Waals surface area contributed by atoms with Crippen LogP contribution in [0, 0.1) is 12.8 Å². The highest BCUT2D eigenvalue weighted by Gasteiger charge is 2.14. The van der Waals surface area contributed by atoms with Gasteiger partial charge in [-0.2, -0.15) is 5.10 Å². The Balaban J connectivity index is 2.48. The van der Waals surface area contributed by atoms with Gasteiger partial charge < -0.3 is 5.32 Å². The largest absolute Gasteiger partial charge is 0.308 e. The van der Waals surface area contributed by atoms with Crippen LogP contribution in [0.25, 0.3) is 0 Å². The van der Waals surface area contributed by atoms with Gasteiger partial charge >= 0.3 is 0 Å². The highest BCUT2D eigenvalue weighted by molar-refractivity contribution is 5.19. The molecule has 0 saturated carbocycles. The first-order valence-corrected chi connectivity index (χ1v) is 6.66. The quantitative estimate of drug-likeness (QED) is 0.823. The van der Waals surface area contributed by atoms with Gasteiger partial charge in [0.05, 0.1) is 5.69 Å². The Kier molecular flexibility index (Phi) is 5.19. The third-order valence-corrected chi connectivity index (χ3v) is 3.23. The van der Waals surface area contributed by atoms with Gasteiger partial charge in [-0.15, -0.1) is 0 Å². The molecular formula is C14H27N3. The molecule has 1 N–H and O–H groups in total. The van der Waals surface area contributed by atoms with Crippen LogP contribution in [-0.2, 0) is 7.05 Å². The second-order valence-electron chi connectivity index (χ2n) is 5.60. The fraction of sp³-hybridized carbons (Fsp3) is 0.786. The topological polar surface area (TPSA) is 29.9 Å². The molecule has 0 aliphatic carbocycles. The number of nitrogens with zero attached hydrogens (tertiary/aromatic N) is 2. The van der Waals surface area contributed by atoms with Crippen LogP contribution < -0.4 is 5.32 Å². The molecule has 17 heavy (non-hydrogen) atoms. The number of aromatic nitrogens is 2. The summed E-state index contributed by atoms with van der Waals surface area (Å²) in [5, 5.41) is 8.04. The number of rotatable bonds is 6. The molecular weight excluding hydrogens is 210 g/mol. The summed E-state index contributed by atoms with van der Waals surface area (Å²) in [6.45, 7) is 11.1. The van der Waals surface area contributed by atoms with E-state index in [0.29, 0.717) is 12.1 Å². The van der Waals surface area contributed by atoms with Crippen LogP contribution in [0.2, 0.25) is 0 Å². The second kappa shape index (κ2) is 6.20. The lowest BCUT2D eigenvalue weighted by molar-refractivity contribution is 0.416. The van der Waals surface area contributed by atoms with Crippen molar-refractivity contribution in [2.45, 2.75) is 59.5 Å². The first-order chi connectivity index (χ1) is 7.90. The molecule has 2 atom stereocenters. The average molecular weight is 237 g/mol. The van der Waals surface area contributed by atoms with E-state index >= 15 is 0 Å². The number of aryl methyl sites for hydroxylation is 2. The molecule has 0 saturated heterocycles. The average Bonchev–Trinajstić information content (AvgIpc) is 2.55. The molecule has 1 heterocycles. The van der Waals surface area contributed by atoms with Crippen LogP contribution in [-0.4, -0.2) is 15.8 Å². The van der Waals surface area contributed by atoms with Crippen molar-refractivity contribution in [2.24, 2.45) is 13.0 Å². The van der Waals surface area contributed by atoms with Crippen molar-refractivity contribution in [3.05, 3.63) is 17.5 Å². The van der Waals surface area contributed by atoms with Gasteiger partial charge in [-0.3, -0.25) is 4.68 Å². The summed E-state index contributed by atoms with van der Waals surface area (Å²) < 4.78 is 1.89. The van der Waals surface area contributed by atoms with Gasteiger partial charge in [0, 0.05) is 30.9 Å². The first kappa shape index (κ1) is 14.2. The van der Waals surface area contributed by atoms with Crippen molar-refractivity contribution in [3.8, 4) is 0 Å². The fourth-order valence-corrected chi connectivity index (χ4v) is 2.23. The summed E-state index contributed by atoms with van der Waals surface area (Å²) in [6, 6.07) is 0.942. The van der Waals surface area contributed by atoms with Gasteiger partial charge in [-0.1, -0.05) is 13.8 Å². The summed E-state index contributed by atoms with van der Waals surface area (Å²) in [6.07, 6.45) is 4.64. The van der Waals surface area contributed by atoms with Crippen molar-refractivity contribution in [1.82, 2.24) is 15.1 Å². The van der Waals surface area contributed by atoms with E-state index in [-0.39, 0.29) is 0 Å². The van der Waals surface area contributed by atoms with Gasteiger partial charge in [0.1, 0.15) is 0 Å². The predicted molar refractivity (Wildman–Crippen MR) is 73.0 cm³/mol. The Bertz CT molecular complexity index is 341. The van der Waals surface area contributed by atoms with Crippen molar-refractivity contribution < 1.29 is 0 Å². The normalized spacial score (nSPS) is 15.2. The minimum Gasteiger partial charge on any atom is -0.308 e. The highest BCUT2D eigenvalue weighted by atomic mass is 15.3. The zero-order chi connectivity index (χ0) is 13.0. The van der Waals surface area contributed by atoms with E-state index in [4.69, 9.17) is 0 Å². The van der Waals surface area contributed by atoms with Gasteiger partial charge in [-0.25, -0.2) is 0 Å². The van der Waals surface area contributed by atoms with Crippen LogP contribution in [0.5, 0.6) is 0 Å². The molecule has 0 bridgehead atoms. The number of hydrogen-bond donors (Lipinski definition) is 1. The van der Waals surface area contributed by atoms with Crippen LogP contribution >= 0.6 is 0 Å². The van der Waals surface area contributed by atoms with Gasteiger partial charge in [0.25, 0.3) is 0 Å². The van der Waals surface area contributed by atoms with Crippen LogP contribution in [0.3, 0.4) is 0 Å². The van der Waals surface area contributed by atoms with E-state index in [2.05, 4.69) is 51.2 Å². The van der Waals surface area contributed by atoms with Crippen molar-refractivity contribution in [2.75, 3.05) is 0 Å². The van der Waals surface area contributed by atoms with Gasteiger partial charge in [-0.05, 0) is 39.5 Å². The summed E-state index contributed by atoms with van der Waals surface area (Å²) in [7, 11) is 1.98. The SMILES string of the molecule is Cc1nn(C)cc1C(C)NC(C)CCC(C)C. The van der Waals surface area contributed by atoms with E-state index in [0.717, 1.165) is 11.6 Å². The minimum atomic E-state index is 0.380. The monoisotopic (exact) mass is 237 g/mol. The lowest BCUT2D eigenvalue weighted by Crippen LogP contribution is -2.29. The van der Waals surface area contributed by atoms with Crippen LogP contribution in [0.4, 0.5) is 0 Å². The molecule has 0 amide bonds. The Morgan fingerprint density at radius 3 is 2.35 bits per heavy atom. The maximum absolute atomic E-state index is 4.39. The lowest BCUT2D eigenvalue weighted by atomic mass is 10.0. The lowest BCUT2D eigenvalue weighted by Gasteiger charge is -2.20. The maximum Gasteiger partial charge on any atom is 0.0641 e. The van der Waals surface area contributed by atoms with E-state index in [1.54, 1.807) is 0 Å². The molecule has 1 aromatic rings. The summed E-state index contributed by atoms with van der Waals surface area (Å²) in [5.74, 6) is 0.787. The van der Waals surface area contributed by atoms with E-state index in [1.807, 2.05) is 11.7 Å². The zero-order valence-electron chi connectivity index (χ0n) is 12.1. The second-order valence-corrected chi connectivity index (χ2v) is 5.60. The standard InChI is InChI=1S/C14H27N3/c1-10(2)7-8-11(3)15-12(4)14-9-17(6)16-13(14)5/h9-12,15H,7-8H2,1-6H3. The van der Waals surface area contributed by atoms with Crippen LogP contribution in [0.15, 0.2) is 6.20 Å². The number of nitrogens with one attached hydrogen (secondary N) is 1. The molecule has 0 fully saturated rings. The van der Waals surface area contributed by atoms with Crippen molar-refractivity contribution >= 4 is 0 Å². The van der Waals surface area contributed by atoms with Gasteiger partial charge in [0.2, 0.25) is 0 Å². The third kappa shape index (κ3) is 4.50. The van der Waals surface area contributed by atoms with Crippen molar-refractivity contribution in [1.29, 1.82) is 0 Å². The van der Waals surface area contributed by atoms with E-state index in [9.17, 15) is 0 Å². The Labute approximate surface area is 106 Å². The smallest absolute Gasteiger partial charge is 0.0641 e. The minimum absolute atomic E-state index is 0.380. The number of hydrogen-bond acceptors (Lipinski definition) is 2. The summed E-state index contributed by atoms with van der Waals surface area (Å²) >= 11 is 0. The molecule has 0 radical (unpaired) electrons. The molecule has 3 nitrogen and oxygen atoms in total. The Hall–Kier alpha value is -0.830. The molecule has 0 aromatic carbocycles. The maximum atomic E-state index is 4.39.